The van der Waals surface area contributed by atoms with Crippen molar-refractivity contribution in [2.45, 2.75) is 19.2 Å². The Hall–Kier alpha value is -2.98. The molecule has 0 saturated carbocycles. The SMILES string of the molecule is O=C1O[C@@H](Cn2ccnn2)CN1c1ccc(N2CCN(Cc3cccs3)CC2)c(F)c1. The van der Waals surface area contributed by atoms with Gasteiger partial charge < -0.3 is 9.64 Å². The maximum absolute atomic E-state index is 15.0. The highest BCUT2D eigenvalue weighted by Crippen LogP contribution is 2.29. The van der Waals surface area contributed by atoms with Crippen LogP contribution in [0.1, 0.15) is 4.88 Å². The van der Waals surface area contributed by atoms with Crippen molar-refractivity contribution in [2.24, 2.45) is 0 Å². The van der Waals surface area contributed by atoms with E-state index in [4.69, 9.17) is 4.74 Å². The number of ether oxygens (including phenoxy) is 1. The average Bonchev–Trinajstić information content (AvgIpc) is 3.52. The second-order valence-electron chi connectivity index (χ2n) is 7.72. The molecule has 1 atom stereocenters. The molecule has 5 rings (SSSR count). The summed E-state index contributed by atoms with van der Waals surface area (Å²) < 4.78 is 22.0. The molecule has 8 nitrogen and oxygen atoms in total. The van der Waals surface area contributed by atoms with Crippen LogP contribution >= 0.6 is 11.3 Å². The number of carbonyl (C=O) groups is 1. The summed E-state index contributed by atoms with van der Waals surface area (Å²) in [4.78, 5) is 19.6. The maximum Gasteiger partial charge on any atom is 0.414 e. The Bertz CT molecular complexity index is 1020. The van der Waals surface area contributed by atoms with Crippen molar-refractivity contribution in [2.75, 3.05) is 42.5 Å². The molecule has 0 bridgehead atoms. The van der Waals surface area contributed by atoms with E-state index >= 15 is 0 Å². The van der Waals surface area contributed by atoms with Gasteiger partial charge in [-0.3, -0.25) is 9.80 Å². The average molecular weight is 443 g/mol. The first kappa shape index (κ1) is 20.0. The summed E-state index contributed by atoms with van der Waals surface area (Å²) in [6.07, 6.45) is 2.46. The Morgan fingerprint density at radius 2 is 2.06 bits per heavy atom. The van der Waals surface area contributed by atoms with Gasteiger partial charge >= 0.3 is 6.09 Å². The lowest BCUT2D eigenvalue weighted by molar-refractivity contribution is 0.129. The van der Waals surface area contributed by atoms with E-state index in [-0.39, 0.29) is 11.9 Å². The predicted molar refractivity (Wildman–Crippen MR) is 116 cm³/mol. The van der Waals surface area contributed by atoms with Crippen LogP contribution < -0.4 is 9.80 Å². The third kappa shape index (κ3) is 4.40. The lowest BCUT2D eigenvalue weighted by Crippen LogP contribution is -2.46. The summed E-state index contributed by atoms with van der Waals surface area (Å²) in [6, 6.07) is 9.19. The van der Waals surface area contributed by atoms with Gasteiger partial charge in [0.25, 0.3) is 0 Å². The Morgan fingerprint density at radius 3 is 2.77 bits per heavy atom. The second-order valence-corrected chi connectivity index (χ2v) is 8.75. The summed E-state index contributed by atoms with van der Waals surface area (Å²) >= 11 is 1.77. The Labute approximate surface area is 183 Å². The topological polar surface area (TPSA) is 66.7 Å². The van der Waals surface area contributed by atoms with Gasteiger partial charge in [-0.15, -0.1) is 16.4 Å². The molecule has 0 radical (unpaired) electrons. The van der Waals surface area contributed by atoms with Crippen LogP contribution in [-0.2, 0) is 17.8 Å². The Morgan fingerprint density at radius 1 is 1.19 bits per heavy atom. The summed E-state index contributed by atoms with van der Waals surface area (Å²) in [7, 11) is 0. The molecule has 2 aliphatic rings. The van der Waals surface area contributed by atoms with E-state index in [1.807, 2.05) is 0 Å². The van der Waals surface area contributed by atoms with Crippen molar-refractivity contribution >= 4 is 28.8 Å². The van der Waals surface area contributed by atoms with Gasteiger partial charge in [-0.2, -0.15) is 0 Å². The van der Waals surface area contributed by atoms with E-state index in [9.17, 15) is 9.18 Å². The normalized spacial score (nSPS) is 19.8. The molecule has 1 amide bonds. The van der Waals surface area contributed by atoms with E-state index in [2.05, 4.69) is 37.6 Å². The van der Waals surface area contributed by atoms with Gasteiger partial charge in [-0.1, -0.05) is 11.3 Å². The van der Waals surface area contributed by atoms with Crippen molar-refractivity contribution in [3.8, 4) is 0 Å². The highest BCUT2D eigenvalue weighted by atomic mass is 32.1. The van der Waals surface area contributed by atoms with Gasteiger partial charge in [0.2, 0.25) is 0 Å². The first-order chi connectivity index (χ1) is 15.2. The predicted octanol–water partition coefficient (Wildman–Crippen LogP) is 2.83. The molecule has 4 heterocycles. The van der Waals surface area contributed by atoms with Crippen LogP contribution in [0, 0.1) is 5.82 Å². The molecule has 31 heavy (non-hydrogen) atoms. The quantitative estimate of drug-likeness (QED) is 0.585. The largest absolute Gasteiger partial charge is 0.442 e. The lowest BCUT2D eigenvalue weighted by Gasteiger charge is -2.36. The fourth-order valence-electron chi connectivity index (χ4n) is 4.06. The molecule has 3 aromatic rings. The molecule has 0 unspecified atom stereocenters. The van der Waals surface area contributed by atoms with E-state index in [1.165, 1.54) is 15.8 Å². The number of cyclic esters (lactones) is 1. The first-order valence-corrected chi connectivity index (χ1v) is 11.1. The molecule has 10 heteroatoms. The fraction of sp³-hybridized carbons (Fsp3) is 0.381. The molecule has 2 aromatic heterocycles. The Balaban J connectivity index is 1.21. The minimum absolute atomic E-state index is 0.322. The molecule has 2 fully saturated rings. The summed E-state index contributed by atoms with van der Waals surface area (Å²) in [5.74, 6) is -0.322. The second kappa shape index (κ2) is 8.64. The number of aromatic nitrogens is 3. The fourth-order valence-corrected chi connectivity index (χ4v) is 4.80. The summed E-state index contributed by atoms with van der Waals surface area (Å²) in [5.41, 5.74) is 1.08. The summed E-state index contributed by atoms with van der Waals surface area (Å²) in [6.45, 7) is 5.03. The van der Waals surface area contributed by atoms with Crippen molar-refractivity contribution in [3.63, 3.8) is 0 Å². The molecule has 2 aliphatic heterocycles. The van der Waals surface area contributed by atoms with Crippen molar-refractivity contribution in [1.29, 1.82) is 0 Å². The zero-order chi connectivity index (χ0) is 21.2. The minimum atomic E-state index is -0.473. The van der Waals surface area contributed by atoms with E-state index in [1.54, 1.807) is 40.5 Å². The maximum atomic E-state index is 15.0. The van der Waals surface area contributed by atoms with Crippen LogP contribution in [-0.4, -0.2) is 64.8 Å². The number of benzene rings is 1. The van der Waals surface area contributed by atoms with E-state index in [0.717, 1.165) is 32.7 Å². The zero-order valence-corrected chi connectivity index (χ0v) is 17.7. The number of thiophene rings is 1. The van der Waals surface area contributed by atoms with Crippen LogP contribution in [0.4, 0.5) is 20.6 Å². The number of hydrogen-bond acceptors (Lipinski definition) is 7. The number of piperazine rings is 1. The number of amides is 1. The van der Waals surface area contributed by atoms with E-state index < -0.39 is 6.09 Å². The van der Waals surface area contributed by atoms with Gasteiger partial charge in [-0.05, 0) is 29.6 Å². The molecular weight excluding hydrogens is 419 g/mol. The molecular formula is C21H23FN6O2S. The van der Waals surface area contributed by atoms with Crippen LogP contribution in [0.25, 0.3) is 0 Å². The molecule has 162 valence electrons. The smallest absolute Gasteiger partial charge is 0.414 e. The van der Waals surface area contributed by atoms with Gasteiger partial charge in [0.05, 0.1) is 30.7 Å². The number of anilines is 2. The molecule has 1 aromatic carbocycles. The standard InChI is InChI=1S/C21H23FN6O2S/c22-19-12-16(28-14-17(30-21(28)29)13-27-6-5-23-24-27)3-4-20(19)26-9-7-25(8-10-26)15-18-2-1-11-31-18/h1-6,11-12,17H,7-10,13-15H2/t17-/m0/s1. The molecule has 0 N–H and O–H groups in total. The zero-order valence-electron chi connectivity index (χ0n) is 16.9. The molecule has 2 saturated heterocycles. The van der Waals surface area contributed by atoms with E-state index in [0.29, 0.717) is 24.5 Å². The highest BCUT2D eigenvalue weighted by Gasteiger charge is 2.33. The van der Waals surface area contributed by atoms with Crippen molar-refractivity contribution in [3.05, 3.63) is 58.8 Å². The van der Waals surface area contributed by atoms with Crippen LogP contribution in [0.15, 0.2) is 48.1 Å². The first-order valence-electron chi connectivity index (χ1n) is 10.3. The number of nitrogens with zero attached hydrogens (tertiary/aromatic N) is 6. The third-order valence-electron chi connectivity index (χ3n) is 5.65. The molecule has 0 spiro atoms. The highest BCUT2D eigenvalue weighted by molar-refractivity contribution is 7.09. The number of halogens is 1. The monoisotopic (exact) mass is 442 g/mol. The number of rotatable bonds is 6. The van der Waals surface area contributed by atoms with Gasteiger partial charge in [0, 0.05) is 43.8 Å². The van der Waals surface area contributed by atoms with Crippen molar-refractivity contribution < 1.29 is 13.9 Å². The van der Waals surface area contributed by atoms with Gasteiger partial charge in [-0.25, -0.2) is 13.9 Å². The van der Waals surface area contributed by atoms with Crippen LogP contribution in [0.2, 0.25) is 0 Å². The molecule has 0 aliphatic carbocycles. The van der Waals surface area contributed by atoms with Crippen molar-refractivity contribution in [1.82, 2.24) is 19.9 Å². The lowest BCUT2D eigenvalue weighted by atomic mass is 10.2. The van der Waals surface area contributed by atoms with Gasteiger partial charge in [0.15, 0.2) is 0 Å². The number of carbonyl (C=O) groups excluding carboxylic acids is 1. The van der Waals surface area contributed by atoms with Gasteiger partial charge in [0.1, 0.15) is 11.9 Å². The van der Waals surface area contributed by atoms with Crippen LogP contribution in [0.5, 0.6) is 0 Å². The van der Waals surface area contributed by atoms with Crippen LogP contribution in [0.3, 0.4) is 0 Å². The number of hydrogen-bond donors (Lipinski definition) is 0. The summed E-state index contributed by atoms with van der Waals surface area (Å²) in [5, 5.41) is 9.74. The minimum Gasteiger partial charge on any atom is -0.442 e. The Kier molecular flexibility index (Phi) is 5.56. The third-order valence-corrected chi connectivity index (χ3v) is 6.51.